The second kappa shape index (κ2) is 18.1. The monoisotopic (exact) mass is 788 g/mol. The van der Waals surface area contributed by atoms with E-state index in [0.29, 0.717) is 0 Å². The Morgan fingerprint density at radius 3 is 1.15 bits per heavy atom. The molecule has 9 rings (SSSR count). The van der Waals surface area contributed by atoms with Crippen LogP contribution in [0, 0.1) is 6.92 Å². The summed E-state index contributed by atoms with van der Waals surface area (Å²) in [6, 6.07) is 73.6. The normalized spacial score (nSPS) is 11.4. The smallest absolute Gasteiger partial charge is 0.119 e. The summed E-state index contributed by atoms with van der Waals surface area (Å²) in [6.07, 6.45) is 9.77. The topological polar surface area (TPSA) is 15.7 Å². The van der Waals surface area contributed by atoms with Crippen molar-refractivity contribution in [3.05, 3.63) is 234 Å². The minimum Gasteiger partial charge on any atom is -0.494 e. The molecular formula is C58H48N2O. The lowest BCUT2D eigenvalue weighted by Gasteiger charge is -2.25. The summed E-state index contributed by atoms with van der Waals surface area (Å²) >= 11 is 0. The van der Waals surface area contributed by atoms with Crippen molar-refractivity contribution >= 4 is 80.0 Å². The maximum atomic E-state index is 5.85. The molecule has 0 aromatic heterocycles. The standard InChI is InChI=1S/C58H48N2O/c1-3-38-61-58-36-34-57(35-37-58)60(53-12-8-5-9-13-53)56-32-24-45(25-33-56)17-19-47-21-27-49-41-50-39-46(20-26-48(50)42-51(49)40-47)18-16-44-22-30-55(31-23-44)59(52-10-6-4-7-11-52)54-28-14-43(2)15-29-54/h4-37,39-42H,3,38H2,1-2H3/b18-16-,19-17-. The van der Waals surface area contributed by atoms with Crippen LogP contribution >= 0.6 is 0 Å². The Balaban J connectivity index is 0.891. The molecule has 0 spiro atoms. The van der Waals surface area contributed by atoms with E-state index in [1.807, 2.05) is 12.1 Å². The van der Waals surface area contributed by atoms with E-state index in [2.05, 4.69) is 242 Å². The van der Waals surface area contributed by atoms with Gasteiger partial charge in [-0.2, -0.15) is 0 Å². The zero-order valence-electron chi connectivity index (χ0n) is 34.7. The predicted octanol–water partition coefficient (Wildman–Crippen LogP) is 16.4. The van der Waals surface area contributed by atoms with E-state index in [1.165, 1.54) is 38.2 Å². The Labute approximate surface area is 359 Å². The molecule has 0 aliphatic rings. The van der Waals surface area contributed by atoms with Crippen LogP contribution in [-0.2, 0) is 0 Å². The largest absolute Gasteiger partial charge is 0.494 e. The van der Waals surface area contributed by atoms with Gasteiger partial charge >= 0.3 is 0 Å². The van der Waals surface area contributed by atoms with Gasteiger partial charge in [-0.1, -0.05) is 134 Å². The van der Waals surface area contributed by atoms with Crippen molar-refractivity contribution in [3.8, 4) is 5.75 Å². The molecule has 0 saturated carbocycles. The van der Waals surface area contributed by atoms with Crippen LogP contribution in [0.1, 0.15) is 41.2 Å². The highest BCUT2D eigenvalue weighted by Gasteiger charge is 2.14. The Morgan fingerprint density at radius 2 is 0.721 bits per heavy atom. The average Bonchev–Trinajstić information content (AvgIpc) is 3.31. The van der Waals surface area contributed by atoms with Crippen molar-refractivity contribution < 1.29 is 4.74 Å². The molecule has 0 heterocycles. The van der Waals surface area contributed by atoms with E-state index < -0.39 is 0 Å². The van der Waals surface area contributed by atoms with Gasteiger partial charge in [-0.05, 0) is 166 Å². The first-order valence-electron chi connectivity index (χ1n) is 21.1. The van der Waals surface area contributed by atoms with Gasteiger partial charge in [-0.3, -0.25) is 0 Å². The summed E-state index contributed by atoms with van der Waals surface area (Å²) in [5, 5.41) is 4.92. The van der Waals surface area contributed by atoms with Crippen molar-refractivity contribution in [1.82, 2.24) is 0 Å². The first kappa shape index (κ1) is 38.9. The third-order valence-corrected chi connectivity index (χ3v) is 11.0. The molecule has 0 aliphatic heterocycles. The van der Waals surface area contributed by atoms with E-state index in [0.717, 1.165) is 64.0 Å². The van der Waals surface area contributed by atoms with Gasteiger partial charge < -0.3 is 14.5 Å². The van der Waals surface area contributed by atoms with Gasteiger partial charge in [-0.15, -0.1) is 0 Å². The summed E-state index contributed by atoms with van der Waals surface area (Å²) in [6.45, 7) is 4.96. The molecular weight excluding hydrogens is 741 g/mol. The van der Waals surface area contributed by atoms with E-state index in [9.17, 15) is 0 Å². The van der Waals surface area contributed by atoms with E-state index in [4.69, 9.17) is 4.74 Å². The fraction of sp³-hybridized carbons (Fsp3) is 0.0690. The number of nitrogens with zero attached hydrogens (tertiary/aromatic N) is 2. The van der Waals surface area contributed by atoms with Gasteiger partial charge in [0.1, 0.15) is 5.75 Å². The summed E-state index contributed by atoms with van der Waals surface area (Å²) < 4.78 is 5.85. The molecule has 3 nitrogen and oxygen atoms in total. The van der Waals surface area contributed by atoms with Crippen LogP contribution < -0.4 is 14.5 Å². The maximum absolute atomic E-state index is 5.85. The number of anilines is 6. The third kappa shape index (κ3) is 9.17. The number of aryl methyl sites for hydroxylation is 1. The lowest BCUT2D eigenvalue weighted by Crippen LogP contribution is -2.09. The summed E-state index contributed by atoms with van der Waals surface area (Å²) in [4.78, 5) is 4.57. The molecule has 0 N–H and O–H groups in total. The van der Waals surface area contributed by atoms with Crippen LogP contribution in [0.5, 0.6) is 5.75 Å². The molecule has 0 saturated heterocycles. The fourth-order valence-corrected chi connectivity index (χ4v) is 7.75. The molecule has 296 valence electrons. The Kier molecular flexibility index (Phi) is 11.5. The van der Waals surface area contributed by atoms with Crippen molar-refractivity contribution in [3.63, 3.8) is 0 Å². The highest BCUT2D eigenvalue weighted by molar-refractivity contribution is 6.00. The van der Waals surface area contributed by atoms with Crippen LogP contribution in [-0.4, -0.2) is 6.61 Å². The number of rotatable bonds is 13. The molecule has 0 atom stereocenters. The second-order valence-electron chi connectivity index (χ2n) is 15.4. The van der Waals surface area contributed by atoms with Gasteiger partial charge in [0.05, 0.1) is 6.61 Å². The first-order valence-corrected chi connectivity index (χ1v) is 21.1. The minimum absolute atomic E-state index is 0.718. The first-order chi connectivity index (χ1) is 30.1. The molecule has 9 aromatic carbocycles. The molecule has 61 heavy (non-hydrogen) atoms. The molecule has 0 amide bonds. The van der Waals surface area contributed by atoms with E-state index in [1.54, 1.807) is 0 Å². The number of para-hydroxylation sites is 2. The van der Waals surface area contributed by atoms with Crippen LogP contribution in [0.2, 0.25) is 0 Å². The quantitative estimate of drug-likeness (QED) is 0.0855. The SMILES string of the molecule is CCCOc1ccc(N(c2ccccc2)c2ccc(/C=C\c3ccc4cc5cc(/C=C\c6ccc(N(c7ccccc7)c7ccc(C)cc7)cc6)ccc5cc4c3)cc2)cc1. The van der Waals surface area contributed by atoms with E-state index >= 15 is 0 Å². The summed E-state index contributed by atoms with van der Waals surface area (Å²) in [5.74, 6) is 0.891. The fourth-order valence-electron chi connectivity index (χ4n) is 7.75. The van der Waals surface area contributed by atoms with Crippen molar-refractivity contribution in [2.45, 2.75) is 20.3 Å². The van der Waals surface area contributed by atoms with Crippen LogP contribution in [0.15, 0.2) is 206 Å². The molecule has 0 bridgehead atoms. The number of ether oxygens (including phenoxy) is 1. The molecule has 3 heteroatoms. The van der Waals surface area contributed by atoms with Crippen LogP contribution in [0.4, 0.5) is 34.1 Å². The van der Waals surface area contributed by atoms with Crippen molar-refractivity contribution in [2.24, 2.45) is 0 Å². The molecule has 0 fully saturated rings. The third-order valence-electron chi connectivity index (χ3n) is 11.0. The highest BCUT2D eigenvalue weighted by Crippen LogP contribution is 2.37. The second-order valence-corrected chi connectivity index (χ2v) is 15.4. The zero-order chi connectivity index (χ0) is 41.4. The Bertz CT molecular complexity index is 2920. The summed E-state index contributed by atoms with van der Waals surface area (Å²) in [7, 11) is 0. The average molecular weight is 789 g/mol. The number of benzene rings is 9. The lowest BCUT2D eigenvalue weighted by atomic mass is 9.99. The van der Waals surface area contributed by atoms with Crippen molar-refractivity contribution in [1.29, 1.82) is 0 Å². The molecule has 0 unspecified atom stereocenters. The van der Waals surface area contributed by atoms with Gasteiger partial charge in [0.2, 0.25) is 0 Å². The van der Waals surface area contributed by atoms with Gasteiger partial charge in [0, 0.05) is 34.1 Å². The van der Waals surface area contributed by atoms with E-state index in [-0.39, 0.29) is 0 Å². The molecule has 0 aliphatic carbocycles. The molecule has 9 aromatic rings. The minimum atomic E-state index is 0.718. The zero-order valence-corrected chi connectivity index (χ0v) is 34.7. The Morgan fingerprint density at radius 1 is 0.361 bits per heavy atom. The molecule has 0 radical (unpaired) electrons. The Hall–Kier alpha value is -7.62. The van der Waals surface area contributed by atoms with Crippen LogP contribution in [0.3, 0.4) is 0 Å². The lowest BCUT2D eigenvalue weighted by molar-refractivity contribution is 0.317. The predicted molar refractivity (Wildman–Crippen MR) is 262 cm³/mol. The summed E-state index contributed by atoms with van der Waals surface area (Å²) in [5.41, 5.74) is 12.6. The van der Waals surface area contributed by atoms with Crippen LogP contribution in [0.25, 0.3) is 45.8 Å². The highest BCUT2D eigenvalue weighted by atomic mass is 16.5. The number of fused-ring (bicyclic) bond motifs is 2. The van der Waals surface area contributed by atoms with Gasteiger partial charge in [0.25, 0.3) is 0 Å². The maximum Gasteiger partial charge on any atom is 0.119 e. The van der Waals surface area contributed by atoms with Crippen molar-refractivity contribution in [2.75, 3.05) is 16.4 Å². The number of hydrogen-bond donors (Lipinski definition) is 0. The van der Waals surface area contributed by atoms with Gasteiger partial charge in [0.15, 0.2) is 0 Å². The van der Waals surface area contributed by atoms with Gasteiger partial charge in [-0.25, -0.2) is 0 Å². The number of hydrogen-bond acceptors (Lipinski definition) is 3.